The molecule has 0 spiro atoms. The van der Waals surface area contributed by atoms with E-state index in [0.29, 0.717) is 12.6 Å². The van der Waals surface area contributed by atoms with Crippen LogP contribution in [0.5, 0.6) is 0 Å². The highest BCUT2D eigenvalue weighted by atomic mass is 16.5. The highest BCUT2D eigenvalue weighted by Gasteiger charge is 2.25. The fraction of sp³-hybridized carbons (Fsp3) is 0.933. The lowest BCUT2D eigenvalue weighted by Gasteiger charge is -2.37. The number of amides is 1. The van der Waals surface area contributed by atoms with Crippen molar-refractivity contribution >= 4 is 5.91 Å². The van der Waals surface area contributed by atoms with Crippen molar-refractivity contribution in [3.05, 3.63) is 0 Å². The molecule has 2 aliphatic rings. The third-order valence-corrected chi connectivity index (χ3v) is 4.08. The minimum Gasteiger partial charge on any atom is -0.389 e. The lowest BCUT2D eigenvalue weighted by atomic mass is 10.1. The zero-order valence-corrected chi connectivity index (χ0v) is 12.8. The molecule has 0 bridgehead atoms. The van der Waals surface area contributed by atoms with Gasteiger partial charge in [0, 0.05) is 32.7 Å². The van der Waals surface area contributed by atoms with Gasteiger partial charge < -0.3 is 14.7 Å². The topological polar surface area (TPSA) is 53.0 Å². The molecule has 0 aromatic carbocycles. The zero-order valence-electron chi connectivity index (χ0n) is 12.8. The summed E-state index contributed by atoms with van der Waals surface area (Å²) in [5.74, 6) is 0.111. The van der Waals surface area contributed by atoms with Crippen LogP contribution in [0.25, 0.3) is 0 Å². The molecule has 2 rings (SSSR count). The van der Waals surface area contributed by atoms with Crippen LogP contribution in [0.2, 0.25) is 0 Å². The molecule has 5 nitrogen and oxygen atoms in total. The second-order valence-corrected chi connectivity index (χ2v) is 6.69. The van der Waals surface area contributed by atoms with Gasteiger partial charge in [0.1, 0.15) is 6.61 Å². The molecular formula is C15H28N2O3. The van der Waals surface area contributed by atoms with Crippen molar-refractivity contribution in [1.82, 2.24) is 9.80 Å². The predicted molar refractivity (Wildman–Crippen MR) is 77.5 cm³/mol. The molecular weight excluding hydrogens is 256 g/mol. The maximum Gasteiger partial charge on any atom is 0.248 e. The first-order chi connectivity index (χ1) is 9.44. The molecule has 1 aliphatic heterocycles. The Kier molecular flexibility index (Phi) is 5.41. The third-order valence-electron chi connectivity index (χ3n) is 4.08. The van der Waals surface area contributed by atoms with Gasteiger partial charge in [0.15, 0.2) is 0 Å². The Morgan fingerprint density at radius 3 is 2.35 bits per heavy atom. The SMILES string of the molecule is CC(C)(O)CN1CCN(C(=O)COC2CCCC2)CC1. The molecule has 0 radical (unpaired) electrons. The van der Waals surface area contributed by atoms with Crippen molar-refractivity contribution in [3.8, 4) is 0 Å². The molecule has 2 fully saturated rings. The van der Waals surface area contributed by atoms with Crippen LogP contribution in [-0.2, 0) is 9.53 Å². The zero-order chi connectivity index (χ0) is 14.6. The summed E-state index contributed by atoms with van der Waals surface area (Å²) in [6.07, 6.45) is 4.97. The molecule has 0 atom stereocenters. The Morgan fingerprint density at radius 1 is 1.20 bits per heavy atom. The molecule has 1 amide bonds. The summed E-state index contributed by atoms with van der Waals surface area (Å²) in [6.45, 7) is 7.67. The van der Waals surface area contributed by atoms with E-state index in [2.05, 4.69) is 4.90 Å². The molecule has 1 saturated carbocycles. The lowest BCUT2D eigenvalue weighted by molar-refractivity contribution is -0.140. The van der Waals surface area contributed by atoms with Gasteiger partial charge in [-0.3, -0.25) is 9.69 Å². The van der Waals surface area contributed by atoms with Gasteiger partial charge in [-0.2, -0.15) is 0 Å². The number of carbonyl (C=O) groups excluding carboxylic acids is 1. The summed E-state index contributed by atoms with van der Waals surface area (Å²) in [5, 5.41) is 9.81. The molecule has 1 saturated heterocycles. The molecule has 0 unspecified atom stereocenters. The summed E-state index contributed by atoms with van der Waals surface area (Å²) in [6, 6.07) is 0. The largest absolute Gasteiger partial charge is 0.389 e. The summed E-state index contributed by atoms with van der Waals surface area (Å²) >= 11 is 0. The first-order valence-corrected chi connectivity index (χ1v) is 7.78. The van der Waals surface area contributed by atoms with E-state index in [4.69, 9.17) is 4.74 Å². The van der Waals surface area contributed by atoms with Crippen LogP contribution < -0.4 is 0 Å². The summed E-state index contributed by atoms with van der Waals surface area (Å²) in [4.78, 5) is 16.2. The number of carbonyl (C=O) groups is 1. The number of hydrogen-bond donors (Lipinski definition) is 1. The van der Waals surface area contributed by atoms with Gasteiger partial charge in [-0.15, -0.1) is 0 Å². The van der Waals surface area contributed by atoms with Gasteiger partial charge >= 0.3 is 0 Å². The number of aliphatic hydroxyl groups is 1. The first kappa shape index (κ1) is 15.7. The van der Waals surface area contributed by atoms with E-state index in [1.165, 1.54) is 12.8 Å². The monoisotopic (exact) mass is 284 g/mol. The van der Waals surface area contributed by atoms with E-state index in [1.807, 2.05) is 18.7 Å². The Hall–Kier alpha value is -0.650. The average molecular weight is 284 g/mol. The molecule has 1 heterocycles. The highest BCUT2D eigenvalue weighted by molar-refractivity contribution is 5.77. The highest BCUT2D eigenvalue weighted by Crippen LogP contribution is 2.20. The molecule has 20 heavy (non-hydrogen) atoms. The standard InChI is InChI=1S/C15H28N2O3/c1-15(2,19)12-16-7-9-17(10-8-16)14(18)11-20-13-5-3-4-6-13/h13,19H,3-12H2,1-2H3. The van der Waals surface area contributed by atoms with E-state index in [0.717, 1.165) is 39.0 Å². The minimum atomic E-state index is -0.669. The van der Waals surface area contributed by atoms with Crippen LogP contribution in [-0.4, -0.2) is 71.8 Å². The molecule has 0 aromatic rings. The summed E-state index contributed by atoms with van der Waals surface area (Å²) < 4.78 is 5.68. The number of hydrogen-bond acceptors (Lipinski definition) is 4. The van der Waals surface area contributed by atoms with Gasteiger partial charge in [0.05, 0.1) is 11.7 Å². The molecule has 5 heteroatoms. The number of ether oxygens (including phenoxy) is 1. The number of rotatable bonds is 5. The first-order valence-electron chi connectivity index (χ1n) is 7.78. The molecule has 116 valence electrons. The molecule has 0 aromatic heterocycles. The number of β-amino-alcohol motifs (C(OH)–C–C–N with tert-alkyl or cyclic N) is 1. The van der Waals surface area contributed by atoms with Crippen LogP contribution in [0.3, 0.4) is 0 Å². The van der Waals surface area contributed by atoms with Crippen LogP contribution in [0.4, 0.5) is 0 Å². The van der Waals surface area contributed by atoms with Crippen molar-refractivity contribution in [2.24, 2.45) is 0 Å². The molecule has 1 N–H and O–H groups in total. The van der Waals surface area contributed by atoms with E-state index in [1.54, 1.807) is 0 Å². The van der Waals surface area contributed by atoms with E-state index < -0.39 is 5.60 Å². The van der Waals surface area contributed by atoms with Crippen LogP contribution in [0.1, 0.15) is 39.5 Å². The van der Waals surface area contributed by atoms with Crippen molar-refractivity contribution in [2.45, 2.75) is 51.2 Å². The average Bonchev–Trinajstić information content (AvgIpc) is 2.88. The van der Waals surface area contributed by atoms with Gasteiger partial charge in [-0.25, -0.2) is 0 Å². The Labute approximate surface area is 121 Å². The second-order valence-electron chi connectivity index (χ2n) is 6.69. The fourth-order valence-corrected chi connectivity index (χ4v) is 3.04. The smallest absolute Gasteiger partial charge is 0.248 e. The Balaban J connectivity index is 1.66. The van der Waals surface area contributed by atoms with Gasteiger partial charge in [0.2, 0.25) is 5.91 Å². The van der Waals surface area contributed by atoms with Crippen molar-refractivity contribution in [1.29, 1.82) is 0 Å². The van der Waals surface area contributed by atoms with Crippen LogP contribution >= 0.6 is 0 Å². The summed E-state index contributed by atoms with van der Waals surface area (Å²) in [5.41, 5.74) is -0.669. The Morgan fingerprint density at radius 2 is 1.80 bits per heavy atom. The second kappa shape index (κ2) is 6.87. The fourth-order valence-electron chi connectivity index (χ4n) is 3.04. The quantitative estimate of drug-likeness (QED) is 0.813. The Bertz CT molecular complexity index is 314. The number of nitrogens with zero attached hydrogens (tertiary/aromatic N) is 2. The van der Waals surface area contributed by atoms with Gasteiger partial charge in [0.25, 0.3) is 0 Å². The minimum absolute atomic E-state index is 0.111. The normalized spacial score (nSPS) is 22.4. The van der Waals surface area contributed by atoms with Crippen molar-refractivity contribution < 1.29 is 14.6 Å². The lowest BCUT2D eigenvalue weighted by Crippen LogP contribution is -2.52. The van der Waals surface area contributed by atoms with Gasteiger partial charge in [-0.1, -0.05) is 12.8 Å². The van der Waals surface area contributed by atoms with E-state index >= 15 is 0 Å². The van der Waals surface area contributed by atoms with Crippen molar-refractivity contribution in [2.75, 3.05) is 39.3 Å². The maximum atomic E-state index is 12.1. The van der Waals surface area contributed by atoms with E-state index in [-0.39, 0.29) is 12.5 Å². The predicted octanol–water partition coefficient (Wildman–Crippen LogP) is 0.861. The van der Waals surface area contributed by atoms with Crippen LogP contribution in [0, 0.1) is 0 Å². The van der Waals surface area contributed by atoms with Crippen molar-refractivity contribution in [3.63, 3.8) is 0 Å². The van der Waals surface area contributed by atoms with Crippen LogP contribution in [0.15, 0.2) is 0 Å². The number of piperazine rings is 1. The molecule has 1 aliphatic carbocycles. The summed E-state index contributed by atoms with van der Waals surface area (Å²) in [7, 11) is 0. The van der Waals surface area contributed by atoms with Gasteiger partial charge in [-0.05, 0) is 26.7 Å². The van der Waals surface area contributed by atoms with E-state index in [9.17, 15) is 9.90 Å². The third kappa shape index (κ3) is 5.04. The maximum absolute atomic E-state index is 12.1.